The third kappa shape index (κ3) is 3.50. The monoisotopic (exact) mass is 438 g/mol. The first-order chi connectivity index (χ1) is 15.2. The minimum atomic E-state index is -0.343. The van der Waals surface area contributed by atoms with Crippen LogP contribution >= 0.6 is 0 Å². The Bertz CT molecular complexity index is 1260. The number of amides is 1. The molecule has 3 aromatic rings. The highest BCUT2D eigenvalue weighted by Gasteiger charge is 2.33. The molecule has 0 spiro atoms. The van der Waals surface area contributed by atoms with Crippen LogP contribution in [0.5, 0.6) is 0 Å². The van der Waals surface area contributed by atoms with E-state index in [1.165, 1.54) is 10.9 Å². The van der Waals surface area contributed by atoms with E-state index >= 15 is 0 Å². The summed E-state index contributed by atoms with van der Waals surface area (Å²) in [5, 5.41) is 0.794. The van der Waals surface area contributed by atoms with Gasteiger partial charge < -0.3 is 14.1 Å². The summed E-state index contributed by atoms with van der Waals surface area (Å²) in [6, 6.07) is 0. The number of ether oxygens (including phenoxy) is 1. The van der Waals surface area contributed by atoms with Gasteiger partial charge in [-0.05, 0) is 44.6 Å². The normalized spacial score (nSPS) is 18.5. The van der Waals surface area contributed by atoms with Crippen molar-refractivity contribution >= 4 is 28.1 Å². The second-order valence-electron chi connectivity index (χ2n) is 9.91. The molecule has 0 aromatic carbocycles. The Morgan fingerprint density at radius 3 is 2.66 bits per heavy atom. The molecule has 8 nitrogen and oxygen atoms in total. The van der Waals surface area contributed by atoms with Gasteiger partial charge in [0.15, 0.2) is 0 Å². The van der Waals surface area contributed by atoms with E-state index in [0.717, 1.165) is 54.6 Å². The van der Waals surface area contributed by atoms with Crippen LogP contribution in [0.25, 0.3) is 22.2 Å². The highest BCUT2D eigenvalue weighted by Crippen LogP contribution is 2.39. The Morgan fingerprint density at radius 2 is 1.94 bits per heavy atom. The van der Waals surface area contributed by atoms with E-state index in [2.05, 4.69) is 32.7 Å². The van der Waals surface area contributed by atoms with Crippen molar-refractivity contribution in [3.63, 3.8) is 0 Å². The lowest BCUT2D eigenvalue weighted by Gasteiger charge is -2.33. The number of nitrogens with zero attached hydrogens (tertiary/aromatic N) is 4. The summed E-state index contributed by atoms with van der Waals surface area (Å²) >= 11 is 0. The number of carbonyl (C=O) groups excluding carboxylic acids is 1. The van der Waals surface area contributed by atoms with E-state index in [0.29, 0.717) is 24.3 Å². The summed E-state index contributed by atoms with van der Waals surface area (Å²) in [5.41, 5.74) is 3.55. The summed E-state index contributed by atoms with van der Waals surface area (Å²) in [4.78, 5) is 37.1. The molecule has 0 radical (unpaired) electrons. The molecule has 0 aliphatic carbocycles. The van der Waals surface area contributed by atoms with Crippen LogP contribution in [0.15, 0.2) is 15.5 Å². The van der Waals surface area contributed by atoms with Gasteiger partial charge in [0.05, 0.1) is 29.6 Å². The number of piperidine rings is 1. The van der Waals surface area contributed by atoms with Crippen LogP contribution < -0.4 is 5.56 Å². The molecule has 0 N–H and O–H groups in total. The zero-order valence-electron chi connectivity index (χ0n) is 19.2. The van der Waals surface area contributed by atoms with Crippen molar-refractivity contribution in [1.29, 1.82) is 0 Å². The highest BCUT2D eigenvalue weighted by atomic mass is 16.5. The molecular weight excluding hydrogens is 408 g/mol. The predicted molar refractivity (Wildman–Crippen MR) is 121 cm³/mol. The fourth-order valence-corrected chi connectivity index (χ4v) is 4.90. The molecule has 8 heteroatoms. The van der Waals surface area contributed by atoms with Gasteiger partial charge in [-0.1, -0.05) is 13.8 Å². The molecule has 0 atom stereocenters. The molecule has 3 aromatic heterocycles. The summed E-state index contributed by atoms with van der Waals surface area (Å²) in [6.45, 7) is 10.3. The average Bonchev–Trinajstić information content (AvgIpc) is 3.14. The van der Waals surface area contributed by atoms with Gasteiger partial charge in [-0.15, -0.1) is 0 Å². The van der Waals surface area contributed by atoms with Crippen LogP contribution in [0, 0.1) is 0 Å². The van der Waals surface area contributed by atoms with Crippen LogP contribution in [0.1, 0.15) is 69.7 Å². The van der Waals surface area contributed by atoms with Crippen molar-refractivity contribution < 1.29 is 13.9 Å². The number of carbonyl (C=O) groups is 1. The molecule has 2 aliphatic heterocycles. The molecule has 32 heavy (non-hydrogen) atoms. The summed E-state index contributed by atoms with van der Waals surface area (Å²) < 4.78 is 13.4. The molecule has 0 bridgehead atoms. The largest absolute Gasteiger partial charge is 0.430 e. The van der Waals surface area contributed by atoms with Crippen molar-refractivity contribution in [2.24, 2.45) is 0 Å². The van der Waals surface area contributed by atoms with Crippen LogP contribution in [0.3, 0.4) is 0 Å². The molecular formula is C24H30N4O4. The number of likely N-dealkylation sites (tertiary alicyclic amines) is 1. The van der Waals surface area contributed by atoms with E-state index in [4.69, 9.17) is 14.1 Å². The molecule has 0 unspecified atom stereocenters. The number of furan rings is 1. The van der Waals surface area contributed by atoms with Crippen LogP contribution in [0.2, 0.25) is 0 Å². The molecule has 0 saturated carbocycles. The van der Waals surface area contributed by atoms with Gasteiger partial charge in [-0.3, -0.25) is 14.2 Å². The Balaban J connectivity index is 1.63. The van der Waals surface area contributed by atoms with E-state index < -0.39 is 0 Å². The Labute approximate surface area is 186 Å². The Hall–Kier alpha value is -2.74. The first kappa shape index (κ1) is 21.1. The quantitative estimate of drug-likeness (QED) is 0.621. The Morgan fingerprint density at radius 1 is 1.19 bits per heavy atom. The molecule has 1 amide bonds. The van der Waals surface area contributed by atoms with Gasteiger partial charge in [-0.2, -0.15) is 0 Å². The van der Waals surface area contributed by atoms with Crippen LogP contribution in [0.4, 0.5) is 0 Å². The van der Waals surface area contributed by atoms with Gasteiger partial charge in [0.25, 0.3) is 5.56 Å². The van der Waals surface area contributed by atoms with Crippen molar-refractivity contribution in [3.05, 3.63) is 33.5 Å². The number of pyridine rings is 1. The molecule has 1 fully saturated rings. The maximum atomic E-state index is 13.2. The number of hydrogen-bond acceptors (Lipinski definition) is 6. The average molecular weight is 439 g/mol. The standard InChI is InChI=1S/C24H30N4O4/c1-14(2)19-16-12-31-24(3,4)10-15(16)18-20-21(32-22(18)26-19)23(30)28(13-25-20)11-17(29)27-8-6-5-7-9-27/h13-14H,5-12H2,1-4H3. The lowest BCUT2D eigenvalue weighted by molar-refractivity contribution is -0.132. The number of aromatic nitrogens is 3. The van der Waals surface area contributed by atoms with Crippen LogP contribution in [-0.2, 0) is 29.1 Å². The summed E-state index contributed by atoms with van der Waals surface area (Å²) in [6.07, 6.45) is 5.32. The SMILES string of the molecule is CC(C)c1nc2oc3c(=O)n(CC(=O)N4CCCCC4)cnc3c2c2c1COC(C)(C)C2. The van der Waals surface area contributed by atoms with Gasteiger partial charge >= 0.3 is 0 Å². The fraction of sp³-hybridized carbons (Fsp3) is 0.583. The van der Waals surface area contributed by atoms with Gasteiger partial charge in [-0.25, -0.2) is 9.97 Å². The van der Waals surface area contributed by atoms with Gasteiger partial charge in [0, 0.05) is 25.1 Å². The lowest BCUT2D eigenvalue weighted by atomic mass is 9.87. The predicted octanol–water partition coefficient (Wildman–Crippen LogP) is 3.52. The number of hydrogen-bond donors (Lipinski definition) is 0. The first-order valence-corrected chi connectivity index (χ1v) is 11.5. The summed E-state index contributed by atoms with van der Waals surface area (Å²) in [7, 11) is 0. The molecule has 5 heterocycles. The minimum absolute atomic E-state index is 0.0253. The minimum Gasteiger partial charge on any atom is -0.430 e. The maximum absolute atomic E-state index is 13.2. The van der Waals surface area contributed by atoms with E-state index in [-0.39, 0.29) is 35.1 Å². The van der Waals surface area contributed by atoms with E-state index in [1.807, 2.05) is 4.90 Å². The number of fused-ring (bicyclic) bond motifs is 5. The molecule has 2 aliphatic rings. The molecule has 1 saturated heterocycles. The lowest BCUT2D eigenvalue weighted by Crippen LogP contribution is -2.39. The molecule has 5 rings (SSSR count). The van der Waals surface area contributed by atoms with Crippen molar-refractivity contribution in [2.75, 3.05) is 13.1 Å². The van der Waals surface area contributed by atoms with Crippen molar-refractivity contribution in [2.45, 2.75) is 78.0 Å². The van der Waals surface area contributed by atoms with E-state index in [9.17, 15) is 9.59 Å². The topological polar surface area (TPSA) is 90.5 Å². The third-order valence-electron chi connectivity index (χ3n) is 6.61. The zero-order chi connectivity index (χ0) is 22.6. The van der Waals surface area contributed by atoms with Gasteiger partial charge in [0.2, 0.25) is 17.2 Å². The third-order valence-corrected chi connectivity index (χ3v) is 6.61. The molecule has 170 valence electrons. The second-order valence-corrected chi connectivity index (χ2v) is 9.91. The maximum Gasteiger partial charge on any atom is 0.297 e. The second kappa shape index (κ2) is 7.69. The number of rotatable bonds is 3. The first-order valence-electron chi connectivity index (χ1n) is 11.5. The Kier molecular flexibility index (Phi) is 5.08. The van der Waals surface area contributed by atoms with Crippen molar-refractivity contribution in [1.82, 2.24) is 19.4 Å². The zero-order valence-corrected chi connectivity index (χ0v) is 19.2. The fourth-order valence-electron chi connectivity index (χ4n) is 4.90. The van der Waals surface area contributed by atoms with E-state index in [1.54, 1.807) is 0 Å². The van der Waals surface area contributed by atoms with Crippen molar-refractivity contribution in [3.8, 4) is 0 Å². The van der Waals surface area contributed by atoms with Gasteiger partial charge in [0.1, 0.15) is 12.1 Å². The summed E-state index contributed by atoms with van der Waals surface area (Å²) in [5.74, 6) is 0.138. The smallest absolute Gasteiger partial charge is 0.297 e. The van der Waals surface area contributed by atoms with Crippen LogP contribution in [-0.4, -0.2) is 44.0 Å². The highest BCUT2D eigenvalue weighted by molar-refractivity contribution is 6.03.